The van der Waals surface area contributed by atoms with Gasteiger partial charge in [-0.3, -0.25) is 0 Å². The quantitative estimate of drug-likeness (QED) is 0.831. The monoisotopic (exact) mass is 417 g/mol. The Kier molecular flexibility index (Phi) is 4.64. The van der Waals surface area contributed by atoms with Crippen molar-refractivity contribution in [3.8, 4) is 0 Å². The van der Waals surface area contributed by atoms with E-state index >= 15 is 0 Å². The summed E-state index contributed by atoms with van der Waals surface area (Å²) in [6.45, 7) is 0. The molecule has 0 saturated carbocycles. The normalized spacial score (nSPS) is 17.7. The number of hydrogen-bond donors (Lipinski definition) is 1. The zero-order chi connectivity index (χ0) is 16.6. The van der Waals surface area contributed by atoms with Crippen LogP contribution in [0.25, 0.3) is 0 Å². The number of benzene rings is 1. The van der Waals surface area contributed by atoms with E-state index in [1.165, 1.54) is 24.3 Å². The molecule has 0 fully saturated rings. The molecule has 122 valence electrons. The summed E-state index contributed by atoms with van der Waals surface area (Å²) in [6, 6.07) is 7.47. The van der Waals surface area contributed by atoms with E-state index in [-0.39, 0.29) is 10.9 Å². The molecule has 1 atom stereocenters. The van der Waals surface area contributed by atoms with Crippen LogP contribution in [0.2, 0.25) is 5.02 Å². The van der Waals surface area contributed by atoms with Crippen molar-refractivity contribution in [1.29, 1.82) is 0 Å². The van der Waals surface area contributed by atoms with Gasteiger partial charge in [-0.25, -0.2) is 17.9 Å². The van der Waals surface area contributed by atoms with Gasteiger partial charge in [-0.2, -0.15) is 0 Å². The fraction of sp³-hybridized carbons (Fsp3) is 0.267. The second kappa shape index (κ2) is 6.39. The predicted octanol–water partition coefficient (Wildman–Crippen LogP) is 2.89. The van der Waals surface area contributed by atoms with Crippen molar-refractivity contribution >= 4 is 37.6 Å². The first-order valence-electron chi connectivity index (χ1n) is 6.94. The summed E-state index contributed by atoms with van der Waals surface area (Å²) in [5, 5.41) is 0.482. The van der Waals surface area contributed by atoms with Crippen LogP contribution in [0.4, 0.5) is 0 Å². The highest BCUT2D eigenvalue weighted by atomic mass is 79.9. The van der Waals surface area contributed by atoms with Crippen LogP contribution in [-0.2, 0) is 22.9 Å². The highest BCUT2D eigenvalue weighted by Gasteiger charge is 2.26. The zero-order valence-electron chi connectivity index (χ0n) is 11.9. The Bertz CT molecular complexity index is 893. The van der Waals surface area contributed by atoms with Crippen LogP contribution in [0.15, 0.2) is 48.9 Å². The van der Waals surface area contributed by atoms with Crippen molar-refractivity contribution in [3.05, 3.63) is 61.6 Å². The predicted molar refractivity (Wildman–Crippen MR) is 90.3 cm³/mol. The number of sulfonamides is 1. The van der Waals surface area contributed by atoms with Crippen molar-refractivity contribution in [2.24, 2.45) is 0 Å². The lowest BCUT2D eigenvalue weighted by Crippen LogP contribution is -2.39. The standard InChI is InChI=1S/C15H13BrClNO4S/c16-13-8-9-7-11(3-6-14(9)22-15(13)19)18-23(20,21)12-4-1-10(17)2-5-12/h1-2,4-5,8,11,18H,3,6-7H2. The van der Waals surface area contributed by atoms with Crippen LogP contribution in [0.5, 0.6) is 0 Å². The number of rotatable bonds is 3. The second-order valence-electron chi connectivity index (χ2n) is 5.35. The van der Waals surface area contributed by atoms with Crippen LogP contribution in [-0.4, -0.2) is 14.5 Å². The molecule has 1 aromatic carbocycles. The van der Waals surface area contributed by atoms with E-state index in [1.54, 1.807) is 6.07 Å². The summed E-state index contributed by atoms with van der Waals surface area (Å²) < 4.78 is 33.1. The summed E-state index contributed by atoms with van der Waals surface area (Å²) in [5.41, 5.74) is 0.426. The van der Waals surface area contributed by atoms with Gasteiger partial charge >= 0.3 is 5.63 Å². The maximum Gasteiger partial charge on any atom is 0.350 e. The molecular weight excluding hydrogens is 406 g/mol. The van der Waals surface area contributed by atoms with Crippen molar-refractivity contribution in [3.63, 3.8) is 0 Å². The number of aryl methyl sites for hydroxylation is 1. The largest absolute Gasteiger partial charge is 0.427 e. The Hall–Kier alpha value is -1.15. The zero-order valence-corrected chi connectivity index (χ0v) is 15.0. The molecule has 1 unspecified atom stereocenters. The van der Waals surface area contributed by atoms with E-state index in [2.05, 4.69) is 20.7 Å². The van der Waals surface area contributed by atoms with E-state index in [1.807, 2.05) is 0 Å². The fourth-order valence-corrected chi connectivity index (χ4v) is 4.33. The van der Waals surface area contributed by atoms with Crippen LogP contribution >= 0.6 is 27.5 Å². The summed E-state index contributed by atoms with van der Waals surface area (Å²) in [6.07, 6.45) is 1.57. The molecule has 1 aliphatic rings. The van der Waals surface area contributed by atoms with Gasteiger partial charge in [0.1, 0.15) is 10.2 Å². The Morgan fingerprint density at radius 3 is 2.65 bits per heavy atom. The van der Waals surface area contributed by atoms with Crippen LogP contribution < -0.4 is 10.3 Å². The molecule has 3 rings (SSSR count). The lowest BCUT2D eigenvalue weighted by molar-refractivity contribution is 0.399. The molecular formula is C15H13BrClNO4S. The number of hydrogen-bond acceptors (Lipinski definition) is 4. The van der Waals surface area contributed by atoms with Gasteiger partial charge in [-0.05, 0) is 64.7 Å². The summed E-state index contributed by atoms with van der Waals surface area (Å²) in [4.78, 5) is 11.7. The summed E-state index contributed by atoms with van der Waals surface area (Å²) in [5.74, 6) is 0.625. The van der Waals surface area contributed by atoms with Gasteiger partial charge < -0.3 is 4.42 Å². The maximum atomic E-state index is 12.4. The first-order valence-corrected chi connectivity index (χ1v) is 9.60. The van der Waals surface area contributed by atoms with Crippen LogP contribution in [0.3, 0.4) is 0 Å². The van der Waals surface area contributed by atoms with Crippen molar-refractivity contribution in [2.45, 2.75) is 30.2 Å². The number of fused-ring (bicyclic) bond motifs is 1. The van der Waals surface area contributed by atoms with Crippen LogP contribution in [0.1, 0.15) is 17.7 Å². The molecule has 0 amide bonds. The molecule has 23 heavy (non-hydrogen) atoms. The molecule has 2 aromatic rings. The molecule has 0 saturated heterocycles. The average molecular weight is 419 g/mol. The fourth-order valence-electron chi connectivity index (χ4n) is 2.58. The van der Waals surface area contributed by atoms with Crippen LogP contribution in [0, 0.1) is 0 Å². The number of nitrogens with one attached hydrogen (secondary N) is 1. The summed E-state index contributed by atoms with van der Waals surface area (Å²) in [7, 11) is -3.61. The molecule has 0 radical (unpaired) electrons. The molecule has 1 aliphatic carbocycles. The molecule has 0 bridgehead atoms. The molecule has 0 aliphatic heterocycles. The van der Waals surface area contributed by atoms with Crippen molar-refractivity contribution < 1.29 is 12.8 Å². The van der Waals surface area contributed by atoms with E-state index < -0.39 is 15.6 Å². The third-order valence-corrected chi connectivity index (χ3v) is 6.04. The van der Waals surface area contributed by atoms with Gasteiger partial charge in [0.15, 0.2) is 0 Å². The number of halogens is 2. The van der Waals surface area contributed by atoms with E-state index in [4.69, 9.17) is 16.0 Å². The minimum Gasteiger partial charge on any atom is -0.427 e. The highest BCUT2D eigenvalue weighted by molar-refractivity contribution is 9.10. The minimum absolute atomic E-state index is 0.175. The van der Waals surface area contributed by atoms with Gasteiger partial charge in [0.2, 0.25) is 10.0 Å². The van der Waals surface area contributed by atoms with E-state index in [9.17, 15) is 13.2 Å². The van der Waals surface area contributed by atoms with Gasteiger partial charge in [0, 0.05) is 17.5 Å². The molecule has 1 N–H and O–H groups in total. The van der Waals surface area contributed by atoms with Crippen molar-refractivity contribution in [2.75, 3.05) is 0 Å². The maximum absolute atomic E-state index is 12.4. The topological polar surface area (TPSA) is 76.4 Å². The third kappa shape index (κ3) is 3.68. The van der Waals surface area contributed by atoms with E-state index in [0.29, 0.717) is 34.5 Å². The van der Waals surface area contributed by atoms with Gasteiger partial charge in [0.25, 0.3) is 0 Å². The molecule has 8 heteroatoms. The Labute approximate surface area is 146 Å². The van der Waals surface area contributed by atoms with Gasteiger partial charge in [-0.15, -0.1) is 0 Å². The smallest absolute Gasteiger partial charge is 0.350 e. The first-order chi connectivity index (χ1) is 10.8. The lowest BCUT2D eigenvalue weighted by atomic mass is 9.94. The Morgan fingerprint density at radius 2 is 1.96 bits per heavy atom. The molecule has 0 spiro atoms. The molecule has 1 aromatic heterocycles. The van der Waals surface area contributed by atoms with E-state index in [0.717, 1.165) is 5.56 Å². The Morgan fingerprint density at radius 1 is 1.26 bits per heavy atom. The first kappa shape index (κ1) is 16.7. The van der Waals surface area contributed by atoms with Crippen molar-refractivity contribution in [1.82, 2.24) is 4.72 Å². The average Bonchev–Trinajstić information content (AvgIpc) is 2.49. The summed E-state index contributed by atoms with van der Waals surface area (Å²) >= 11 is 8.92. The van der Waals surface area contributed by atoms with Gasteiger partial charge in [0.05, 0.1) is 4.90 Å². The second-order valence-corrected chi connectivity index (χ2v) is 8.35. The Balaban J connectivity index is 1.80. The minimum atomic E-state index is -3.61. The molecule has 5 nitrogen and oxygen atoms in total. The van der Waals surface area contributed by atoms with Gasteiger partial charge in [-0.1, -0.05) is 11.6 Å². The highest BCUT2D eigenvalue weighted by Crippen LogP contribution is 2.24. The third-order valence-electron chi connectivity index (χ3n) is 3.70. The molecule has 1 heterocycles. The lowest BCUT2D eigenvalue weighted by Gasteiger charge is -2.24. The SMILES string of the molecule is O=c1oc2c(cc1Br)CC(NS(=O)(=O)c1ccc(Cl)cc1)CC2.